The molecule has 0 radical (unpaired) electrons. The quantitative estimate of drug-likeness (QED) is 0.476. The predicted molar refractivity (Wildman–Crippen MR) is 54.1 cm³/mol. The Balaban J connectivity index is 3.77. The summed E-state index contributed by atoms with van der Waals surface area (Å²) < 4.78 is 26.5. The lowest BCUT2D eigenvalue weighted by atomic mass is 10.1. The first kappa shape index (κ1) is 12.9. The van der Waals surface area contributed by atoms with E-state index in [9.17, 15) is 8.42 Å². The van der Waals surface area contributed by atoms with E-state index in [0.29, 0.717) is 0 Å². The molecular formula is C9H20O3S. The fourth-order valence-corrected chi connectivity index (χ4v) is 1.92. The lowest BCUT2D eigenvalue weighted by Crippen LogP contribution is -2.16. The Morgan fingerprint density at radius 2 is 1.85 bits per heavy atom. The molecular weight excluding hydrogens is 188 g/mol. The van der Waals surface area contributed by atoms with Crippen LogP contribution in [0.3, 0.4) is 0 Å². The maximum atomic E-state index is 10.8. The summed E-state index contributed by atoms with van der Waals surface area (Å²) in [5.41, 5.74) is 0. The minimum absolute atomic E-state index is 0.124. The average Bonchev–Trinajstić information content (AvgIpc) is 2.01. The van der Waals surface area contributed by atoms with Crippen LogP contribution in [0.1, 0.15) is 46.0 Å². The minimum Gasteiger partial charge on any atom is -0.267 e. The molecule has 0 saturated carbocycles. The van der Waals surface area contributed by atoms with E-state index < -0.39 is 10.1 Å². The summed E-state index contributed by atoms with van der Waals surface area (Å²) in [7, 11) is -3.27. The molecule has 0 bridgehead atoms. The van der Waals surface area contributed by atoms with Crippen molar-refractivity contribution < 1.29 is 12.6 Å². The zero-order valence-electron chi connectivity index (χ0n) is 8.75. The van der Waals surface area contributed by atoms with Gasteiger partial charge in [-0.1, -0.05) is 33.1 Å². The summed E-state index contributed by atoms with van der Waals surface area (Å²) >= 11 is 0. The van der Waals surface area contributed by atoms with Gasteiger partial charge in [0, 0.05) is 0 Å². The fraction of sp³-hybridized carbons (Fsp3) is 1.00. The van der Waals surface area contributed by atoms with Crippen molar-refractivity contribution in [3.05, 3.63) is 0 Å². The predicted octanol–water partition coefficient (Wildman–Crippen LogP) is 2.32. The van der Waals surface area contributed by atoms with Crippen LogP contribution in [0.5, 0.6) is 0 Å². The molecule has 13 heavy (non-hydrogen) atoms. The molecule has 0 unspecified atom stereocenters. The largest absolute Gasteiger partial charge is 0.267 e. The maximum absolute atomic E-state index is 10.8. The molecule has 0 saturated heterocycles. The normalized spacial score (nSPS) is 14.4. The van der Waals surface area contributed by atoms with E-state index in [0.717, 1.165) is 38.4 Å². The van der Waals surface area contributed by atoms with Crippen molar-refractivity contribution >= 4 is 10.1 Å². The Kier molecular flexibility index (Phi) is 6.33. The van der Waals surface area contributed by atoms with Crippen LogP contribution in [0.15, 0.2) is 0 Å². The van der Waals surface area contributed by atoms with E-state index >= 15 is 0 Å². The smallest absolute Gasteiger partial charge is 0.264 e. The number of hydrogen-bond donors (Lipinski definition) is 0. The van der Waals surface area contributed by atoms with Crippen LogP contribution in [-0.4, -0.2) is 20.8 Å². The van der Waals surface area contributed by atoms with Crippen LogP contribution in [0.4, 0.5) is 0 Å². The van der Waals surface area contributed by atoms with Gasteiger partial charge in [0.15, 0.2) is 0 Å². The Bertz CT molecular complexity index is 209. The molecule has 0 spiro atoms. The van der Waals surface area contributed by atoms with Crippen LogP contribution in [0.2, 0.25) is 0 Å². The molecule has 3 nitrogen and oxygen atoms in total. The number of unbranched alkanes of at least 4 members (excludes halogenated alkanes) is 2. The van der Waals surface area contributed by atoms with Crippen molar-refractivity contribution in [2.24, 2.45) is 0 Å². The molecule has 0 N–H and O–H groups in total. The fourth-order valence-electron chi connectivity index (χ4n) is 1.19. The van der Waals surface area contributed by atoms with Gasteiger partial charge in [0.05, 0.1) is 12.4 Å². The summed E-state index contributed by atoms with van der Waals surface area (Å²) in [5.74, 6) is 0. The van der Waals surface area contributed by atoms with E-state index in [1.54, 1.807) is 0 Å². The van der Waals surface area contributed by atoms with Crippen LogP contribution in [0.25, 0.3) is 0 Å². The first-order valence-electron chi connectivity index (χ1n) is 4.87. The number of rotatable bonds is 7. The van der Waals surface area contributed by atoms with Gasteiger partial charge in [-0.3, -0.25) is 4.18 Å². The summed E-state index contributed by atoms with van der Waals surface area (Å²) in [5, 5.41) is 0. The lowest BCUT2D eigenvalue weighted by molar-refractivity contribution is 0.192. The highest BCUT2D eigenvalue weighted by Crippen LogP contribution is 2.11. The van der Waals surface area contributed by atoms with Crippen LogP contribution >= 0.6 is 0 Å². The van der Waals surface area contributed by atoms with Gasteiger partial charge in [0.2, 0.25) is 0 Å². The Labute approximate surface area is 81.6 Å². The molecule has 0 aliphatic heterocycles. The molecule has 0 aromatic heterocycles. The second-order valence-electron chi connectivity index (χ2n) is 3.33. The van der Waals surface area contributed by atoms with Crippen LogP contribution in [0, 0.1) is 0 Å². The summed E-state index contributed by atoms with van der Waals surface area (Å²) in [6.07, 6.45) is 5.93. The second-order valence-corrected chi connectivity index (χ2v) is 4.93. The third kappa shape index (κ3) is 8.25. The van der Waals surface area contributed by atoms with Gasteiger partial charge in [-0.25, -0.2) is 0 Å². The Hall–Kier alpha value is -0.0900. The van der Waals surface area contributed by atoms with Crippen molar-refractivity contribution in [1.29, 1.82) is 0 Å². The number of hydrogen-bond acceptors (Lipinski definition) is 3. The highest BCUT2D eigenvalue weighted by atomic mass is 32.2. The first-order chi connectivity index (χ1) is 5.99. The molecule has 0 aromatic carbocycles. The van der Waals surface area contributed by atoms with Gasteiger partial charge in [-0.15, -0.1) is 0 Å². The molecule has 0 amide bonds. The Morgan fingerprint density at radius 3 is 2.23 bits per heavy atom. The summed E-state index contributed by atoms with van der Waals surface area (Å²) in [6, 6.07) is 0. The molecule has 0 aliphatic rings. The molecule has 80 valence electrons. The zero-order valence-corrected chi connectivity index (χ0v) is 9.56. The highest BCUT2D eigenvalue weighted by molar-refractivity contribution is 7.86. The Morgan fingerprint density at radius 1 is 1.23 bits per heavy atom. The van der Waals surface area contributed by atoms with Gasteiger partial charge in [0.1, 0.15) is 0 Å². The second kappa shape index (κ2) is 6.38. The van der Waals surface area contributed by atoms with Crippen LogP contribution < -0.4 is 0 Å². The van der Waals surface area contributed by atoms with Gasteiger partial charge in [0.25, 0.3) is 10.1 Å². The van der Waals surface area contributed by atoms with Gasteiger partial charge < -0.3 is 0 Å². The summed E-state index contributed by atoms with van der Waals surface area (Å²) in [6.45, 7) is 4.07. The standard InChI is InChI=1S/C9H20O3S/c1-4-6-7-8-9(5-2)12-13(3,10)11/h9H,4-8H2,1-3H3/t9-/m1/s1. The van der Waals surface area contributed by atoms with Crippen molar-refractivity contribution in [3.63, 3.8) is 0 Å². The topological polar surface area (TPSA) is 43.4 Å². The van der Waals surface area contributed by atoms with E-state index in [4.69, 9.17) is 4.18 Å². The van der Waals surface area contributed by atoms with E-state index in [-0.39, 0.29) is 6.10 Å². The molecule has 0 aromatic rings. The lowest BCUT2D eigenvalue weighted by Gasteiger charge is -2.13. The van der Waals surface area contributed by atoms with Crippen molar-refractivity contribution in [2.75, 3.05) is 6.26 Å². The van der Waals surface area contributed by atoms with Crippen molar-refractivity contribution in [1.82, 2.24) is 0 Å². The van der Waals surface area contributed by atoms with Crippen molar-refractivity contribution in [2.45, 2.75) is 52.1 Å². The molecule has 0 rings (SSSR count). The highest BCUT2D eigenvalue weighted by Gasteiger charge is 2.12. The minimum atomic E-state index is -3.27. The van der Waals surface area contributed by atoms with E-state index in [1.165, 1.54) is 0 Å². The average molecular weight is 208 g/mol. The van der Waals surface area contributed by atoms with Gasteiger partial charge in [-0.2, -0.15) is 8.42 Å². The molecule has 0 aliphatic carbocycles. The molecule has 0 heterocycles. The van der Waals surface area contributed by atoms with E-state index in [2.05, 4.69) is 6.92 Å². The molecule has 1 atom stereocenters. The monoisotopic (exact) mass is 208 g/mol. The molecule has 4 heteroatoms. The first-order valence-corrected chi connectivity index (χ1v) is 6.69. The third-order valence-electron chi connectivity index (χ3n) is 1.90. The molecule has 0 fully saturated rings. The summed E-state index contributed by atoms with van der Waals surface area (Å²) in [4.78, 5) is 0. The van der Waals surface area contributed by atoms with Crippen LogP contribution in [-0.2, 0) is 14.3 Å². The zero-order chi connectivity index (χ0) is 10.3. The van der Waals surface area contributed by atoms with Crippen molar-refractivity contribution in [3.8, 4) is 0 Å². The SMILES string of the molecule is CCCCC[C@@H](CC)OS(C)(=O)=O. The third-order valence-corrected chi connectivity index (χ3v) is 2.52. The van der Waals surface area contributed by atoms with Gasteiger partial charge >= 0.3 is 0 Å². The van der Waals surface area contributed by atoms with E-state index in [1.807, 2.05) is 6.92 Å². The maximum Gasteiger partial charge on any atom is 0.264 e. The van der Waals surface area contributed by atoms with Gasteiger partial charge in [-0.05, 0) is 12.8 Å².